The molecule has 4 heteroatoms. The Morgan fingerprint density at radius 3 is 2.04 bits per heavy atom. The highest BCUT2D eigenvalue weighted by molar-refractivity contribution is 6.22. The molecule has 1 aromatic rings. The topological polar surface area (TPSA) is 46.6 Å². The summed E-state index contributed by atoms with van der Waals surface area (Å²) in [6.07, 6.45) is 7.29. The highest BCUT2D eigenvalue weighted by Gasteiger charge is 2.56. The number of carbonyl (C=O) groups excluding carboxylic acids is 2. The van der Waals surface area contributed by atoms with Gasteiger partial charge in [0.15, 0.2) is 0 Å². The van der Waals surface area contributed by atoms with Crippen LogP contribution >= 0.6 is 0 Å². The second-order valence-electron chi connectivity index (χ2n) is 6.70. The van der Waals surface area contributed by atoms with E-state index in [1.54, 1.807) is 0 Å². The van der Waals surface area contributed by atoms with E-state index in [1.807, 2.05) is 24.3 Å². The van der Waals surface area contributed by atoms with Gasteiger partial charge in [0.1, 0.15) is 5.75 Å². The molecule has 3 aliphatic carbocycles. The number of fused-ring (bicyclic) bond motifs is 1. The minimum Gasteiger partial charge on any atom is -0.494 e. The fourth-order valence-corrected chi connectivity index (χ4v) is 4.24. The number of hydrogen-bond donors (Lipinski definition) is 0. The molecule has 0 N–H and O–H groups in total. The number of nitrogens with zero attached hydrogens (tertiary/aromatic N) is 1. The predicted octanol–water partition coefficient (Wildman–Crippen LogP) is 3.18. The van der Waals surface area contributed by atoms with Crippen molar-refractivity contribution < 1.29 is 14.3 Å². The third-order valence-corrected chi connectivity index (χ3v) is 5.33. The van der Waals surface area contributed by atoms with Crippen molar-refractivity contribution in [3.8, 4) is 5.75 Å². The van der Waals surface area contributed by atoms with Gasteiger partial charge in [-0.1, -0.05) is 19.1 Å². The molecular formula is C19H21NO3. The van der Waals surface area contributed by atoms with E-state index in [0.717, 1.165) is 25.0 Å². The van der Waals surface area contributed by atoms with Crippen LogP contribution in [0.25, 0.3) is 0 Å². The number of allylic oxidation sites excluding steroid dienone is 2. The minimum absolute atomic E-state index is 0.0266. The first kappa shape index (κ1) is 14.5. The summed E-state index contributed by atoms with van der Waals surface area (Å²) in [6.45, 7) is 2.72. The summed E-state index contributed by atoms with van der Waals surface area (Å²) < 4.78 is 5.57. The van der Waals surface area contributed by atoms with Crippen LogP contribution in [-0.2, 0) is 9.59 Å². The second kappa shape index (κ2) is 5.52. The van der Waals surface area contributed by atoms with Crippen LogP contribution in [0, 0.1) is 23.7 Å². The van der Waals surface area contributed by atoms with E-state index in [9.17, 15) is 9.59 Å². The first-order chi connectivity index (χ1) is 11.2. The number of anilines is 1. The first-order valence-corrected chi connectivity index (χ1v) is 8.49. The molecule has 2 amide bonds. The summed E-state index contributed by atoms with van der Waals surface area (Å²) in [4.78, 5) is 27.1. The molecule has 1 saturated carbocycles. The van der Waals surface area contributed by atoms with Gasteiger partial charge in [-0.2, -0.15) is 0 Å². The normalized spacial score (nSPS) is 31.6. The standard InChI is InChI=1S/C19H21NO3/c1-2-11-23-15-9-7-14(8-10-15)20-18(21)16-12-3-4-13(6-5-12)17(16)19(20)22/h3-4,7-10,12-13,16-17H,2,5-6,11H2,1H3/t12-,13+,16-,17+. The van der Waals surface area contributed by atoms with Crippen LogP contribution < -0.4 is 9.64 Å². The summed E-state index contributed by atoms with van der Waals surface area (Å²) in [5, 5.41) is 0. The van der Waals surface area contributed by atoms with E-state index < -0.39 is 0 Å². The zero-order valence-corrected chi connectivity index (χ0v) is 13.3. The molecule has 23 heavy (non-hydrogen) atoms. The van der Waals surface area contributed by atoms with E-state index in [0.29, 0.717) is 12.3 Å². The van der Waals surface area contributed by atoms with E-state index in [2.05, 4.69) is 19.1 Å². The quantitative estimate of drug-likeness (QED) is 0.634. The zero-order chi connectivity index (χ0) is 16.0. The fourth-order valence-electron chi connectivity index (χ4n) is 4.24. The molecule has 0 radical (unpaired) electrons. The molecular weight excluding hydrogens is 290 g/mol. The number of benzene rings is 1. The number of amides is 2. The van der Waals surface area contributed by atoms with E-state index in [4.69, 9.17) is 4.74 Å². The maximum Gasteiger partial charge on any atom is 0.238 e. The van der Waals surface area contributed by atoms with Crippen molar-refractivity contribution in [2.24, 2.45) is 23.7 Å². The molecule has 4 aliphatic rings. The van der Waals surface area contributed by atoms with Crippen LogP contribution in [0.5, 0.6) is 5.75 Å². The number of imide groups is 1. The Labute approximate surface area is 136 Å². The Balaban J connectivity index is 1.60. The molecule has 5 rings (SSSR count). The van der Waals surface area contributed by atoms with Gasteiger partial charge in [-0.3, -0.25) is 14.5 Å². The Kier molecular flexibility index (Phi) is 3.47. The summed E-state index contributed by atoms with van der Waals surface area (Å²) in [6, 6.07) is 7.29. The Morgan fingerprint density at radius 1 is 1.00 bits per heavy atom. The average Bonchev–Trinajstić information content (AvgIpc) is 2.88. The van der Waals surface area contributed by atoms with Crippen LogP contribution in [0.3, 0.4) is 0 Å². The van der Waals surface area contributed by atoms with Crippen LogP contribution in [-0.4, -0.2) is 18.4 Å². The van der Waals surface area contributed by atoms with E-state index in [1.165, 1.54) is 4.90 Å². The number of ether oxygens (including phenoxy) is 1. The summed E-state index contributed by atoms with van der Waals surface area (Å²) in [7, 11) is 0. The first-order valence-electron chi connectivity index (χ1n) is 8.49. The maximum absolute atomic E-state index is 12.8. The molecule has 4 atom stereocenters. The Morgan fingerprint density at radius 2 is 1.57 bits per heavy atom. The molecule has 1 aromatic carbocycles. The van der Waals surface area contributed by atoms with Crippen molar-refractivity contribution in [1.29, 1.82) is 0 Å². The summed E-state index contributed by atoms with van der Waals surface area (Å²) in [5.41, 5.74) is 0.664. The Hall–Kier alpha value is -2.10. The molecule has 1 heterocycles. The second-order valence-corrected chi connectivity index (χ2v) is 6.70. The monoisotopic (exact) mass is 311 g/mol. The van der Waals surface area contributed by atoms with Gasteiger partial charge in [0.25, 0.3) is 0 Å². The van der Waals surface area contributed by atoms with Gasteiger partial charge in [-0.25, -0.2) is 0 Å². The van der Waals surface area contributed by atoms with E-state index in [-0.39, 0.29) is 35.5 Å². The van der Waals surface area contributed by atoms with Gasteiger partial charge in [0, 0.05) is 0 Å². The van der Waals surface area contributed by atoms with Crippen LogP contribution in [0.15, 0.2) is 36.4 Å². The van der Waals surface area contributed by atoms with Crippen molar-refractivity contribution in [1.82, 2.24) is 0 Å². The lowest BCUT2D eigenvalue weighted by atomic mass is 9.63. The van der Waals surface area contributed by atoms with Crippen LogP contribution in [0.2, 0.25) is 0 Å². The summed E-state index contributed by atoms with van der Waals surface area (Å²) in [5.74, 6) is 0.887. The van der Waals surface area contributed by atoms with Gasteiger partial charge >= 0.3 is 0 Å². The lowest BCUT2D eigenvalue weighted by molar-refractivity contribution is -0.124. The molecule has 4 nitrogen and oxygen atoms in total. The SMILES string of the molecule is CCCOc1ccc(N2C(=O)[C@@H]3[C@H](C2=O)[C@@H]2C=C[C@H]3CC2)cc1. The molecule has 2 bridgehead atoms. The highest BCUT2D eigenvalue weighted by Crippen LogP contribution is 2.50. The molecule has 0 aromatic heterocycles. The Bertz CT molecular complexity index is 632. The average molecular weight is 311 g/mol. The molecule has 1 saturated heterocycles. The molecule has 120 valence electrons. The summed E-state index contributed by atoms with van der Waals surface area (Å²) >= 11 is 0. The smallest absolute Gasteiger partial charge is 0.238 e. The molecule has 2 fully saturated rings. The molecule has 0 spiro atoms. The molecule has 1 aliphatic heterocycles. The number of hydrogen-bond acceptors (Lipinski definition) is 3. The fraction of sp³-hybridized carbons (Fsp3) is 0.474. The number of carbonyl (C=O) groups is 2. The third kappa shape index (κ3) is 2.19. The minimum atomic E-state index is -0.151. The van der Waals surface area contributed by atoms with Crippen molar-refractivity contribution >= 4 is 17.5 Å². The van der Waals surface area contributed by atoms with Gasteiger partial charge in [-0.05, 0) is 55.4 Å². The van der Waals surface area contributed by atoms with Crippen molar-refractivity contribution in [2.75, 3.05) is 11.5 Å². The lowest BCUT2D eigenvalue weighted by Gasteiger charge is -2.38. The van der Waals surface area contributed by atoms with Crippen LogP contribution in [0.1, 0.15) is 26.2 Å². The van der Waals surface area contributed by atoms with Crippen molar-refractivity contribution in [2.45, 2.75) is 26.2 Å². The van der Waals surface area contributed by atoms with E-state index >= 15 is 0 Å². The third-order valence-electron chi connectivity index (χ3n) is 5.33. The molecule has 0 unspecified atom stereocenters. The van der Waals surface area contributed by atoms with Gasteiger partial charge in [-0.15, -0.1) is 0 Å². The van der Waals surface area contributed by atoms with Gasteiger partial charge < -0.3 is 4.74 Å². The van der Waals surface area contributed by atoms with Crippen molar-refractivity contribution in [3.63, 3.8) is 0 Å². The van der Waals surface area contributed by atoms with Crippen LogP contribution in [0.4, 0.5) is 5.69 Å². The number of rotatable bonds is 4. The maximum atomic E-state index is 12.8. The van der Waals surface area contributed by atoms with Crippen molar-refractivity contribution in [3.05, 3.63) is 36.4 Å². The zero-order valence-electron chi connectivity index (χ0n) is 13.3. The predicted molar refractivity (Wildman–Crippen MR) is 87.1 cm³/mol. The largest absolute Gasteiger partial charge is 0.494 e. The highest BCUT2D eigenvalue weighted by atomic mass is 16.5. The lowest BCUT2D eigenvalue weighted by Crippen LogP contribution is -2.38. The van der Waals surface area contributed by atoms with Gasteiger partial charge in [0.2, 0.25) is 11.8 Å². The van der Waals surface area contributed by atoms with Gasteiger partial charge in [0.05, 0.1) is 24.1 Å².